The first-order valence-electron chi connectivity index (χ1n) is 13.5. The number of para-hydroxylation sites is 1. The second-order valence-electron chi connectivity index (χ2n) is 10.2. The van der Waals surface area contributed by atoms with Crippen LogP contribution in [0.2, 0.25) is 0 Å². The second kappa shape index (κ2) is 8.78. The summed E-state index contributed by atoms with van der Waals surface area (Å²) in [4.78, 5) is 10.3. The minimum atomic E-state index is 0.692. The third-order valence-electron chi connectivity index (χ3n) is 7.92. The Hall–Kier alpha value is -5.02. The Morgan fingerprint density at radius 3 is 1.82 bits per heavy atom. The quantitative estimate of drug-likeness (QED) is 0.243. The largest absolute Gasteiger partial charge is 0.278 e. The number of hydrogen-bond acceptors (Lipinski definition) is 2. The van der Waals surface area contributed by atoms with Crippen LogP contribution in [0.25, 0.3) is 61.4 Å². The van der Waals surface area contributed by atoms with Gasteiger partial charge in [-0.25, -0.2) is 9.97 Å². The normalized spacial score (nSPS) is 12.4. The van der Waals surface area contributed by atoms with Crippen molar-refractivity contribution >= 4 is 21.8 Å². The number of aryl methyl sites for hydroxylation is 2. The molecule has 5 aromatic carbocycles. The third kappa shape index (κ3) is 3.58. The van der Waals surface area contributed by atoms with Crippen LogP contribution in [0, 0.1) is 0 Å². The maximum atomic E-state index is 5.17. The van der Waals surface area contributed by atoms with Gasteiger partial charge >= 0.3 is 0 Å². The van der Waals surface area contributed by atoms with Crippen molar-refractivity contribution < 1.29 is 0 Å². The fourth-order valence-electron chi connectivity index (χ4n) is 6.05. The molecule has 1 aliphatic rings. The van der Waals surface area contributed by atoms with Crippen LogP contribution in [-0.2, 0) is 12.8 Å². The molecule has 3 heteroatoms. The van der Waals surface area contributed by atoms with Gasteiger partial charge in [0.05, 0.1) is 22.4 Å². The second-order valence-corrected chi connectivity index (χ2v) is 10.2. The predicted molar refractivity (Wildman–Crippen MR) is 160 cm³/mol. The number of benzene rings is 5. The number of aromatic nitrogens is 3. The lowest BCUT2D eigenvalue weighted by Gasteiger charge is -2.20. The maximum Gasteiger partial charge on any atom is 0.235 e. The molecule has 0 atom stereocenters. The lowest BCUT2D eigenvalue weighted by Crippen LogP contribution is -2.06. The molecule has 0 N–H and O–H groups in total. The van der Waals surface area contributed by atoms with Crippen molar-refractivity contribution in [1.29, 1.82) is 0 Å². The molecule has 2 aromatic heterocycles. The Morgan fingerprint density at radius 2 is 1.08 bits per heavy atom. The molecule has 2 heterocycles. The number of hydrogen-bond donors (Lipinski definition) is 0. The van der Waals surface area contributed by atoms with Crippen LogP contribution < -0.4 is 0 Å². The Bertz CT molecular complexity index is 1950. The van der Waals surface area contributed by atoms with Gasteiger partial charge in [0, 0.05) is 21.9 Å². The number of nitrogens with zero attached hydrogens (tertiary/aromatic N) is 3. The highest BCUT2D eigenvalue weighted by Crippen LogP contribution is 2.40. The van der Waals surface area contributed by atoms with Gasteiger partial charge in [0.1, 0.15) is 0 Å². The summed E-state index contributed by atoms with van der Waals surface area (Å²) in [6.45, 7) is 0. The van der Waals surface area contributed by atoms with E-state index in [0.29, 0.717) is 5.95 Å². The van der Waals surface area contributed by atoms with E-state index in [1.807, 2.05) is 12.1 Å². The van der Waals surface area contributed by atoms with Gasteiger partial charge in [-0.1, -0.05) is 103 Å². The molecule has 7 aromatic rings. The van der Waals surface area contributed by atoms with Crippen molar-refractivity contribution in [3.63, 3.8) is 0 Å². The molecular formula is C36H25N3. The average molecular weight is 500 g/mol. The summed E-state index contributed by atoms with van der Waals surface area (Å²) in [7, 11) is 0. The summed E-state index contributed by atoms with van der Waals surface area (Å²) in [5.41, 5.74) is 11.8. The highest BCUT2D eigenvalue weighted by atomic mass is 15.2. The Morgan fingerprint density at radius 1 is 0.462 bits per heavy atom. The van der Waals surface area contributed by atoms with Gasteiger partial charge in [0.15, 0.2) is 0 Å². The molecule has 0 bridgehead atoms. The molecule has 0 aliphatic heterocycles. The zero-order valence-corrected chi connectivity index (χ0v) is 21.4. The van der Waals surface area contributed by atoms with Gasteiger partial charge < -0.3 is 0 Å². The highest BCUT2D eigenvalue weighted by Gasteiger charge is 2.21. The SMILES string of the molecule is c1ccc(-c2cc(-c3ccccc3)nc(-n3c4ccccc4c4cc5c(cc43)CCc3ccccc3-5)n2)cc1. The van der Waals surface area contributed by atoms with Gasteiger partial charge in [-0.3, -0.25) is 4.57 Å². The van der Waals surface area contributed by atoms with E-state index in [0.717, 1.165) is 46.4 Å². The van der Waals surface area contributed by atoms with E-state index in [9.17, 15) is 0 Å². The van der Waals surface area contributed by atoms with Crippen LogP contribution in [-0.4, -0.2) is 14.5 Å². The van der Waals surface area contributed by atoms with Crippen LogP contribution in [0.4, 0.5) is 0 Å². The standard InChI is InChI=1S/C36H25N3/c1-3-12-25(13-4-1)32-23-33(26-14-5-2-6-15-26)38-36(37-32)39-34-18-10-9-17-29(34)31-22-30-27(21-35(31)39)20-19-24-11-7-8-16-28(24)30/h1-18,21-23H,19-20H2. The molecule has 39 heavy (non-hydrogen) atoms. The molecule has 8 rings (SSSR count). The molecule has 1 aliphatic carbocycles. The first-order chi connectivity index (χ1) is 19.3. The zero-order valence-electron chi connectivity index (χ0n) is 21.4. The molecule has 184 valence electrons. The summed E-state index contributed by atoms with van der Waals surface area (Å²) >= 11 is 0. The number of rotatable bonds is 3. The van der Waals surface area contributed by atoms with Gasteiger partial charge in [0.25, 0.3) is 0 Å². The molecular weight excluding hydrogens is 474 g/mol. The Labute approximate surface area is 227 Å². The minimum absolute atomic E-state index is 0.692. The zero-order chi connectivity index (χ0) is 25.8. The average Bonchev–Trinajstić information content (AvgIpc) is 3.34. The van der Waals surface area contributed by atoms with E-state index in [1.54, 1.807) is 0 Å². The summed E-state index contributed by atoms with van der Waals surface area (Å²) in [5, 5.41) is 2.45. The van der Waals surface area contributed by atoms with E-state index in [1.165, 1.54) is 33.0 Å². The summed E-state index contributed by atoms with van der Waals surface area (Å²) in [6, 6.07) is 45.1. The van der Waals surface area contributed by atoms with E-state index in [4.69, 9.17) is 9.97 Å². The fourth-order valence-corrected chi connectivity index (χ4v) is 6.05. The van der Waals surface area contributed by atoms with Crippen LogP contribution >= 0.6 is 0 Å². The first kappa shape index (κ1) is 22.0. The summed E-state index contributed by atoms with van der Waals surface area (Å²) in [5.74, 6) is 0.692. The Kier molecular flexibility index (Phi) is 4.95. The van der Waals surface area contributed by atoms with Crippen molar-refractivity contribution in [1.82, 2.24) is 14.5 Å². The van der Waals surface area contributed by atoms with Gasteiger partial charge in [-0.2, -0.15) is 0 Å². The maximum absolute atomic E-state index is 5.17. The highest BCUT2D eigenvalue weighted by molar-refractivity contribution is 6.11. The molecule has 0 unspecified atom stereocenters. The predicted octanol–water partition coefficient (Wildman–Crippen LogP) is 8.67. The van der Waals surface area contributed by atoms with Crippen LogP contribution in [0.1, 0.15) is 11.1 Å². The summed E-state index contributed by atoms with van der Waals surface area (Å²) < 4.78 is 2.25. The van der Waals surface area contributed by atoms with Crippen molar-refractivity contribution in [2.75, 3.05) is 0 Å². The van der Waals surface area contributed by atoms with E-state index >= 15 is 0 Å². The first-order valence-corrected chi connectivity index (χ1v) is 13.5. The van der Waals surface area contributed by atoms with Gasteiger partial charge in [0.2, 0.25) is 5.95 Å². The van der Waals surface area contributed by atoms with E-state index in [-0.39, 0.29) is 0 Å². The van der Waals surface area contributed by atoms with Gasteiger partial charge in [-0.15, -0.1) is 0 Å². The molecule has 0 saturated carbocycles. The molecule has 3 nitrogen and oxygen atoms in total. The molecule has 0 amide bonds. The topological polar surface area (TPSA) is 30.7 Å². The van der Waals surface area contributed by atoms with Crippen LogP contribution in [0.3, 0.4) is 0 Å². The van der Waals surface area contributed by atoms with Crippen molar-refractivity contribution in [2.45, 2.75) is 12.8 Å². The fraction of sp³-hybridized carbons (Fsp3) is 0.0556. The Balaban J connectivity index is 1.44. The molecule has 0 fully saturated rings. The lowest BCUT2D eigenvalue weighted by molar-refractivity contribution is 0.940. The van der Waals surface area contributed by atoms with E-state index < -0.39 is 0 Å². The number of fused-ring (bicyclic) bond motifs is 6. The molecule has 0 radical (unpaired) electrons. The van der Waals surface area contributed by atoms with Gasteiger partial charge in [-0.05, 0) is 59.4 Å². The monoisotopic (exact) mass is 499 g/mol. The van der Waals surface area contributed by atoms with E-state index in [2.05, 4.69) is 120 Å². The van der Waals surface area contributed by atoms with Crippen molar-refractivity contribution in [3.05, 3.63) is 139 Å². The minimum Gasteiger partial charge on any atom is -0.278 e. The van der Waals surface area contributed by atoms with Crippen molar-refractivity contribution in [2.24, 2.45) is 0 Å². The smallest absolute Gasteiger partial charge is 0.235 e. The molecule has 0 saturated heterocycles. The summed E-state index contributed by atoms with van der Waals surface area (Å²) in [6.07, 6.45) is 2.09. The lowest BCUT2D eigenvalue weighted by atomic mass is 9.85. The van der Waals surface area contributed by atoms with Crippen LogP contribution in [0.5, 0.6) is 0 Å². The molecule has 0 spiro atoms. The van der Waals surface area contributed by atoms with Crippen LogP contribution in [0.15, 0.2) is 127 Å². The third-order valence-corrected chi connectivity index (χ3v) is 7.92. The van der Waals surface area contributed by atoms with Crippen molar-refractivity contribution in [3.8, 4) is 39.6 Å².